The van der Waals surface area contributed by atoms with Gasteiger partial charge in [0.1, 0.15) is 0 Å². The second-order valence-electron chi connectivity index (χ2n) is 5.17. The molecule has 0 radical (unpaired) electrons. The summed E-state index contributed by atoms with van der Waals surface area (Å²) in [6.45, 7) is 0. The molecule has 5 N–H and O–H groups in total. The summed E-state index contributed by atoms with van der Waals surface area (Å²) in [5.74, 6) is -0.753. The van der Waals surface area contributed by atoms with E-state index in [1.54, 1.807) is 0 Å². The number of aliphatic carboxylic acids is 1. The molecule has 17 heavy (non-hydrogen) atoms. The van der Waals surface area contributed by atoms with Crippen molar-refractivity contribution in [2.45, 2.75) is 57.3 Å². The Morgan fingerprint density at radius 3 is 2.65 bits per heavy atom. The maximum atomic E-state index is 11.4. The van der Waals surface area contributed by atoms with E-state index in [2.05, 4.69) is 0 Å². The minimum Gasteiger partial charge on any atom is -0.481 e. The first kappa shape index (κ1) is 14.5. The molecule has 98 valence electrons. The number of hydrogen-bond donors (Lipinski definition) is 4. The van der Waals surface area contributed by atoms with Gasteiger partial charge in [0.2, 0.25) is 0 Å². The van der Waals surface area contributed by atoms with Gasteiger partial charge in [0, 0.05) is 6.04 Å². The normalized spacial score (nSPS) is 29.0. The number of carbonyl (C=O) groups is 1. The van der Waals surface area contributed by atoms with Crippen molar-refractivity contribution in [2.75, 3.05) is 0 Å². The van der Waals surface area contributed by atoms with Gasteiger partial charge in [-0.1, -0.05) is 19.3 Å². The fourth-order valence-corrected chi connectivity index (χ4v) is 2.73. The van der Waals surface area contributed by atoms with Crippen molar-refractivity contribution in [3.63, 3.8) is 0 Å². The lowest BCUT2D eigenvalue weighted by Crippen LogP contribution is -2.41. The quantitative estimate of drug-likeness (QED) is 0.404. The second kappa shape index (κ2) is 6.38. The van der Waals surface area contributed by atoms with Crippen molar-refractivity contribution < 1.29 is 19.9 Å². The van der Waals surface area contributed by atoms with Crippen LogP contribution >= 0.6 is 0 Å². The van der Waals surface area contributed by atoms with E-state index < -0.39 is 18.5 Å². The minimum absolute atomic E-state index is 0.0108. The van der Waals surface area contributed by atoms with Crippen molar-refractivity contribution >= 4 is 13.1 Å². The third-order valence-corrected chi connectivity index (χ3v) is 3.70. The highest BCUT2D eigenvalue weighted by Crippen LogP contribution is 2.40. The van der Waals surface area contributed by atoms with Crippen LogP contribution in [0, 0.1) is 5.41 Å². The fraction of sp³-hybridized carbons (Fsp3) is 0.909. The summed E-state index contributed by atoms with van der Waals surface area (Å²) in [5, 5.41) is 26.8. The Morgan fingerprint density at radius 1 is 1.41 bits per heavy atom. The zero-order chi connectivity index (χ0) is 12.9. The Kier molecular flexibility index (Phi) is 5.43. The molecule has 0 unspecified atom stereocenters. The lowest BCUT2D eigenvalue weighted by Gasteiger charge is -2.36. The predicted molar refractivity (Wildman–Crippen MR) is 65.4 cm³/mol. The largest absolute Gasteiger partial charge is 0.481 e. The van der Waals surface area contributed by atoms with Gasteiger partial charge >= 0.3 is 13.1 Å². The number of rotatable bonds is 6. The zero-order valence-corrected chi connectivity index (χ0v) is 10.1. The maximum absolute atomic E-state index is 11.4. The van der Waals surface area contributed by atoms with Crippen LogP contribution in [-0.2, 0) is 4.79 Å². The third-order valence-electron chi connectivity index (χ3n) is 3.70. The highest BCUT2D eigenvalue weighted by atomic mass is 16.4. The Bertz CT molecular complexity index is 262. The molecular weight excluding hydrogens is 221 g/mol. The lowest BCUT2D eigenvalue weighted by molar-refractivity contribution is -0.152. The van der Waals surface area contributed by atoms with E-state index in [1.165, 1.54) is 0 Å². The number of unbranched alkanes of at least 4 members (excludes halogenated alkanes) is 1. The number of carboxylic acid groups (broad SMARTS) is 1. The van der Waals surface area contributed by atoms with Crippen molar-refractivity contribution in [1.82, 2.24) is 0 Å². The van der Waals surface area contributed by atoms with Crippen LogP contribution in [0.15, 0.2) is 0 Å². The van der Waals surface area contributed by atoms with Crippen LogP contribution in [0.1, 0.15) is 44.9 Å². The molecule has 1 fully saturated rings. The number of nitrogens with two attached hydrogens (primary N) is 1. The summed E-state index contributed by atoms with van der Waals surface area (Å²) >= 11 is 0. The summed E-state index contributed by atoms with van der Waals surface area (Å²) in [6.07, 6.45) is 5.26. The smallest absolute Gasteiger partial charge is 0.451 e. The molecule has 0 amide bonds. The summed E-state index contributed by atoms with van der Waals surface area (Å²) in [4.78, 5) is 11.4. The topological polar surface area (TPSA) is 104 Å². The van der Waals surface area contributed by atoms with E-state index in [-0.39, 0.29) is 6.04 Å². The molecule has 6 heteroatoms. The SMILES string of the molecule is N[C@H]1CCC[C@@](CCCCB(O)O)(C(=O)O)C1. The van der Waals surface area contributed by atoms with E-state index in [0.29, 0.717) is 38.4 Å². The molecule has 5 nitrogen and oxygen atoms in total. The van der Waals surface area contributed by atoms with Crippen LogP contribution in [0.3, 0.4) is 0 Å². The van der Waals surface area contributed by atoms with Crippen LogP contribution < -0.4 is 5.73 Å². The molecule has 1 rings (SSSR count). The van der Waals surface area contributed by atoms with E-state index in [1.807, 2.05) is 0 Å². The van der Waals surface area contributed by atoms with Crippen LogP contribution in [0.25, 0.3) is 0 Å². The second-order valence-corrected chi connectivity index (χ2v) is 5.17. The first-order valence-corrected chi connectivity index (χ1v) is 6.31. The Hall–Kier alpha value is -0.585. The summed E-state index contributed by atoms with van der Waals surface area (Å²) in [6, 6.07) is -0.0108. The molecule has 0 aliphatic heterocycles. The van der Waals surface area contributed by atoms with E-state index >= 15 is 0 Å². The van der Waals surface area contributed by atoms with Crippen LogP contribution in [0.4, 0.5) is 0 Å². The molecule has 0 spiro atoms. The fourth-order valence-electron chi connectivity index (χ4n) is 2.73. The molecule has 2 atom stereocenters. The monoisotopic (exact) mass is 243 g/mol. The highest BCUT2D eigenvalue weighted by Gasteiger charge is 2.41. The van der Waals surface area contributed by atoms with Crippen LogP contribution in [0.2, 0.25) is 6.32 Å². The molecule has 0 saturated heterocycles. The lowest BCUT2D eigenvalue weighted by atomic mass is 9.69. The first-order valence-electron chi connectivity index (χ1n) is 6.31. The van der Waals surface area contributed by atoms with Gasteiger partial charge in [0.25, 0.3) is 0 Å². The highest BCUT2D eigenvalue weighted by molar-refractivity contribution is 6.40. The first-order chi connectivity index (χ1) is 7.96. The van der Waals surface area contributed by atoms with Gasteiger partial charge in [0.15, 0.2) is 0 Å². The van der Waals surface area contributed by atoms with Crippen molar-refractivity contribution in [3.05, 3.63) is 0 Å². The molecule has 0 bridgehead atoms. The van der Waals surface area contributed by atoms with Crippen LogP contribution in [0.5, 0.6) is 0 Å². The van der Waals surface area contributed by atoms with Crippen LogP contribution in [-0.4, -0.2) is 34.3 Å². The maximum Gasteiger partial charge on any atom is 0.451 e. The Labute approximate surface area is 102 Å². The standard InChI is InChI=1S/C11H22BNO4/c13-9-4-3-6-11(8-9,10(14)15)5-1-2-7-12(16)17/h9,16-17H,1-8,13H2,(H,14,15)/t9-,11+/m0/s1. The summed E-state index contributed by atoms with van der Waals surface area (Å²) < 4.78 is 0. The summed E-state index contributed by atoms with van der Waals surface area (Å²) in [7, 11) is -1.29. The van der Waals surface area contributed by atoms with Gasteiger partial charge in [0.05, 0.1) is 5.41 Å². The third kappa shape index (κ3) is 4.29. The van der Waals surface area contributed by atoms with Crippen molar-refractivity contribution in [1.29, 1.82) is 0 Å². The minimum atomic E-state index is -1.29. The average Bonchev–Trinajstić information content (AvgIpc) is 2.24. The van der Waals surface area contributed by atoms with Gasteiger partial charge in [-0.25, -0.2) is 0 Å². The predicted octanol–water partition coefficient (Wildman–Crippen LogP) is 0.602. The van der Waals surface area contributed by atoms with Gasteiger partial charge < -0.3 is 20.9 Å². The molecule has 0 aromatic rings. The van der Waals surface area contributed by atoms with Gasteiger partial charge in [-0.05, 0) is 32.0 Å². The van der Waals surface area contributed by atoms with E-state index in [9.17, 15) is 9.90 Å². The average molecular weight is 243 g/mol. The number of hydrogen-bond acceptors (Lipinski definition) is 4. The van der Waals surface area contributed by atoms with Crippen molar-refractivity contribution in [2.24, 2.45) is 11.1 Å². The molecule has 0 aromatic carbocycles. The zero-order valence-electron chi connectivity index (χ0n) is 10.1. The molecule has 0 heterocycles. The van der Waals surface area contributed by atoms with Gasteiger partial charge in [-0.15, -0.1) is 0 Å². The van der Waals surface area contributed by atoms with Gasteiger partial charge in [-0.3, -0.25) is 4.79 Å². The summed E-state index contributed by atoms with van der Waals surface area (Å²) in [5.41, 5.74) is 5.17. The Morgan fingerprint density at radius 2 is 2.12 bits per heavy atom. The molecule has 1 saturated carbocycles. The van der Waals surface area contributed by atoms with Crippen molar-refractivity contribution in [3.8, 4) is 0 Å². The molecule has 0 aromatic heterocycles. The van der Waals surface area contributed by atoms with Gasteiger partial charge in [-0.2, -0.15) is 0 Å². The molecule has 1 aliphatic carbocycles. The molecule has 1 aliphatic rings. The Balaban J connectivity index is 2.45. The van der Waals surface area contributed by atoms with E-state index in [0.717, 1.165) is 12.8 Å². The van der Waals surface area contributed by atoms with E-state index in [4.69, 9.17) is 15.8 Å². The molecular formula is C11H22BNO4. The number of carboxylic acids is 1.